The standard InChI is InChI=1S/C15H27N5O6/c1-7(2)12(20-13(23)8(3)16)14(24)18-6-11(22)19-9(15(25)26)4-5-10(17)21/h7-9,12H,4-6,16H2,1-3H3,(H2,17,21)(H,18,24)(H,19,22)(H,20,23)(H,25,26)/t8-,9-,12-/m0/s1. The van der Waals surface area contributed by atoms with Crippen LogP contribution >= 0.6 is 0 Å². The van der Waals surface area contributed by atoms with Crippen molar-refractivity contribution in [3.05, 3.63) is 0 Å². The molecule has 11 nitrogen and oxygen atoms in total. The van der Waals surface area contributed by atoms with Crippen LogP contribution < -0.4 is 27.4 Å². The van der Waals surface area contributed by atoms with Gasteiger partial charge in [0.25, 0.3) is 0 Å². The first kappa shape index (κ1) is 23.3. The van der Waals surface area contributed by atoms with Crippen LogP contribution in [0, 0.1) is 5.92 Å². The fourth-order valence-corrected chi connectivity index (χ4v) is 1.89. The van der Waals surface area contributed by atoms with E-state index in [1.807, 2.05) is 0 Å². The molecule has 0 aromatic heterocycles. The van der Waals surface area contributed by atoms with Gasteiger partial charge in [-0.25, -0.2) is 4.79 Å². The van der Waals surface area contributed by atoms with E-state index in [0.717, 1.165) is 0 Å². The van der Waals surface area contributed by atoms with Crippen LogP contribution in [0.15, 0.2) is 0 Å². The van der Waals surface area contributed by atoms with Crippen molar-refractivity contribution in [2.45, 2.75) is 51.7 Å². The molecule has 4 amide bonds. The summed E-state index contributed by atoms with van der Waals surface area (Å²) in [6, 6.07) is -2.99. The predicted octanol–water partition coefficient (Wildman–Crippen LogP) is -2.57. The van der Waals surface area contributed by atoms with Gasteiger partial charge in [-0.1, -0.05) is 13.8 Å². The Balaban J connectivity index is 4.64. The Kier molecular flexibility index (Phi) is 9.89. The predicted molar refractivity (Wildman–Crippen MR) is 91.4 cm³/mol. The van der Waals surface area contributed by atoms with Crippen molar-refractivity contribution in [3.63, 3.8) is 0 Å². The summed E-state index contributed by atoms with van der Waals surface area (Å²) in [4.78, 5) is 57.4. The Bertz CT molecular complexity index is 549. The number of carbonyl (C=O) groups is 5. The number of hydrogen-bond acceptors (Lipinski definition) is 6. The number of aliphatic carboxylic acids is 1. The zero-order chi connectivity index (χ0) is 20.4. The second kappa shape index (κ2) is 11.0. The number of carboxylic acids is 1. The molecule has 0 aliphatic heterocycles. The summed E-state index contributed by atoms with van der Waals surface area (Å²) in [5, 5.41) is 16.0. The second-order valence-electron chi connectivity index (χ2n) is 6.20. The van der Waals surface area contributed by atoms with Gasteiger partial charge in [-0.05, 0) is 19.3 Å². The third-order valence-electron chi connectivity index (χ3n) is 3.40. The SMILES string of the molecule is CC(C)[C@H](NC(=O)[C@H](C)N)C(=O)NCC(=O)N[C@@H](CCC(N)=O)C(=O)O. The minimum Gasteiger partial charge on any atom is -0.480 e. The van der Waals surface area contributed by atoms with Gasteiger partial charge in [-0.15, -0.1) is 0 Å². The van der Waals surface area contributed by atoms with Gasteiger partial charge in [0, 0.05) is 6.42 Å². The smallest absolute Gasteiger partial charge is 0.326 e. The van der Waals surface area contributed by atoms with E-state index >= 15 is 0 Å². The molecule has 0 saturated heterocycles. The molecule has 0 unspecified atom stereocenters. The zero-order valence-electron chi connectivity index (χ0n) is 15.1. The molecule has 0 rings (SSSR count). The first-order chi connectivity index (χ1) is 12.0. The lowest BCUT2D eigenvalue weighted by atomic mass is 10.0. The summed E-state index contributed by atoms with van der Waals surface area (Å²) in [5.41, 5.74) is 10.4. The molecular formula is C15H27N5O6. The van der Waals surface area contributed by atoms with Crippen molar-refractivity contribution < 1.29 is 29.1 Å². The fraction of sp³-hybridized carbons (Fsp3) is 0.667. The molecule has 0 aromatic rings. The quantitative estimate of drug-likeness (QED) is 0.229. The number of primary amides is 1. The molecular weight excluding hydrogens is 346 g/mol. The highest BCUT2D eigenvalue weighted by Crippen LogP contribution is 2.02. The summed E-state index contributed by atoms with van der Waals surface area (Å²) >= 11 is 0. The maximum Gasteiger partial charge on any atom is 0.326 e. The summed E-state index contributed by atoms with van der Waals surface area (Å²) in [7, 11) is 0. The van der Waals surface area contributed by atoms with Crippen LogP contribution in [-0.4, -0.2) is 59.4 Å². The number of nitrogens with one attached hydrogen (secondary N) is 3. The van der Waals surface area contributed by atoms with E-state index in [1.165, 1.54) is 6.92 Å². The van der Waals surface area contributed by atoms with Gasteiger partial charge in [0.1, 0.15) is 12.1 Å². The molecule has 11 heteroatoms. The third-order valence-corrected chi connectivity index (χ3v) is 3.40. The van der Waals surface area contributed by atoms with Crippen molar-refractivity contribution in [2.75, 3.05) is 6.54 Å². The molecule has 0 aliphatic rings. The van der Waals surface area contributed by atoms with Crippen LogP contribution in [0.25, 0.3) is 0 Å². The zero-order valence-corrected chi connectivity index (χ0v) is 15.1. The largest absolute Gasteiger partial charge is 0.480 e. The molecule has 8 N–H and O–H groups in total. The number of amides is 4. The van der Waals surface area contributed by atoms with Gasteiger partial charge in [0.15, 0.2) is 0 Å². The van der Waals surface area contributed by atoms with Crippen LogP contribution in [0.4, 0.5) is 0 Å². The number of carboxylic acid groups (broad SMARTS) is 1. The maximum absolute atomic E-state index is 12.2. The Morgan fingerprint density at radius 1 is 1.00 bits per heavy atom. The van der Waals surface area contributed by atoms with Crippen molar-refractivity contribution in [1.29, 1.82) is 0 Å². The second-order valence-corrected chi connectivity index (χ2v) is 6.20. The highest BCUT2D eigenvalue weighted by molar-refractivity contribution is 5.92. The molecule has 0 bridgehead atoms. The molecule has 0 fully saturated rings. The minimum atomic E-state index is -1.32. The molecule has 0 radical (unpaired) electrons. The summed E-state index contributed by atoms with van der Waals surface area (Å²) < 4.78 is 0. The third kappa shape index (κ3) is 8.97. The molecule has 0 aromatic carbocycles. The molecule has 0 saturated carbocycles. The van der Waals surface area contributed by atoms with E-state index in [0.29, 0.717) is 0 Å². The van der Waals surface area contributed by atoms with Gasteiger partial charge in [0.2, 0.25) is 23.6 Å². The molecule has 3 atom stereocenters. The van der Waals surface area contributed by atoms with Crippen LogP contribution in [0.5, 0.6) is 0 Å². The summed E-state index contributed by atoms with van der Waals surface area (Å²) in [5.74, 6) is -4.15. The Morgan fingerprint density at radius 2 is 1.58 bits per heavy atom. The van der Waals surface area contributed by atoms with E-state index in [1.54, 1.807) is 13.8 Å². The molecule has 0 heterocycles. The van der Waals surface area contributed by atoms with E-state index in [-0.39, 0.29) is 18.8 Å². The monoisotopic (exact) mass is 373 g/mol. The van der Waals surface area contributed by atoms with Crippen molar-refractivity contribution in [3.8, 4) is 0 Å². The Morgan fingerprint density at radius 3 is 2.00 bits per heavy atom. The lowest BCUT2D eigenvalue weighted by Crippen LogP contribution is -2.54. The first-order valence-corrected chi connectivity index (χ1v) is 8.09. The first-order valence-electron chi connectivity index (χ1n) is 8.09. The van der Waals surface area contributed by atoms with Gasteiger partial charge >= 0.3 is 5.97 Å². The van der Waals surface area contributed by atoms with E-state index in [4.69, 9.17) is 16.6 Å². The van der Waals surface area contributed by atoms with Gasteiger partial charge in [0.05, 0.1) is 12.6 Å². The Labute approximate surface area is 151 Å². The van der Waals surface area contributed by atoms with Gasteiger partial charge in [-0.2, -0.15) is 0 Å². The van der Waals surface area contributed by atoms with Gasteiger partial charge in [-0.3, -0.25) is 19.2 Å². The topological polar surface area (TPSA) is 194 Å². The number of hydrogen-bond donors (Lipinski definition) is 6. The lowest BCUT2D eigenvalue weighted by Gasteiger charge is -2.22. The number of nitrogens with two attached hydrogens (primary N) is 2. The Hall–Kier alpha value is -2.69. The number of carbonyl (C=O) groups excluding carboxylic acids is 4. The highest BCUT2D eigenvalue weighted by atomic mass is 16.4. The van der Waals surface area contributed by atoms with Gasteiger partial charge < -0.3 is 32.5 Å². The maximum atomic E-state index is 12.2. The molecule has 0 spiro atoms. The fourth-order valence-electron chi connectivity index (χ4n) is 1.89. The van der Waals surface area contributed by atoms with E-state index < -0.39 is 54.3 Å². The highest BCUT2D eigenvalue weighted by Gasteiger charge is 2.26. The molecule has 148 valence electrons. The van der Waals surface area contributed by atoms with Crippen molar-refractivity contribution in [2.24, 2.45) is 17.4 Å². The molecule has 26 heavy (non-hydrogen) atoms. The lowest BCUT2D eigenvalue weighted by molar-refractivity contribution is -0.142. The molecule has 0 aliphatic carbocycles. The summed E-state index contributed by atoms with van der Waals surface area (Å²) in [6.07, 6.45) is -0.369. The summed E-state index contributed by atoms with van der Waals surface area (Å²) in [6.45, 7) is 4.39. The van der Waals surface area contributed by atoms with Crippen LogP contribution in [-0.2, 0) is 24.0 Å². The van der Waals surface area contributed by atoms with E-state index in [2.05, 4.69) is 16.0 Å². The van der Waals surface area contributed by atoms with Crippen LogP contribution in [0.2, 0.25) is 0 Å². The minimum absolute atomic E-state index is 0.163. The average molecular weight is 373 g/mol. The van der Waals surface area contributed by atoms with Crippen molar-refractivity contribution in [1.82, 2.24) is 16.0 Å². The van der Waals surface area contributed by atoms with Crippen molar-refractivity contribution >= 4 is 29.6 Å². The normalized spacial score (nSPS) is 14.0. The van der Waals surface area contributed by atoms with E-state index in [9.17, 15) is 24.0 Å². The van der Waals surface area contributed by atoms with Crippen LogP contribution in [0.1, 0.15) is 33.6 Å². The average Bonchev–Trinajstić information content (AvgIpc) is 2.52. The number of rotatable bonds is 11. The van der Waals surface area contributed by atoms with Crippen LogP contribution in [0.3, 0.4) is 0 Å².